The third-order valence-electron chi connectivity index (χ3n) is 4.13. The normalized spacial score (nSPS) is 12.9. The van der Waals surface area contributed by atoms with Crippen LogP contribution in [-0.4, -0.2) is 43.7 Å². The highest BCUT2D eigenvalue weighted by molar-refractivity contribution is 7.99. The summed E-state index contributed by atoms with van der Waals surface area (Å²) < 4.78 is 13.6. The lowest BCUT2D eigenvalue weighted by atomic mass is 10.1. The van der Waals surface area contributed by atoms with Gasteiger partial charge < -0.3 is 10.2 Å². The molecule has 0 bridgehead atoms. The van der Waals surface area contributed by atoms with E-state index in [9.17, 15) is 9.18 Å². The standard InChI is InChI=1S/C20H22FN3OS/c1-13-16-12-15(21)6-8-18(16)26-19-7-5-14(11-17(19)23-13)20(25)22-9-4-10-24(2)3/h5-8,11-12H,4,9-10H2,1-3H3,(H,22,25). The van der Waals surface area contributed by atoms with Crippen molar-refractivity contribution in [3.8, 4) is 0 Å². The van der Waals surface area contributed by atoms with Gasteiger partial charge in [-0.25, -0.2) is 4.39 Å². The Morgan fingerprint density at radius 1 is 1.19 bits per heavy atom. The summed E-state index contributed by atoms with van der Waals surface area (Å²) in [5.74, 6) is -0.375. The van der Waals surface area contributed by atoms with E-state index < -0.39 is 0 Å². The molecule has 0 aromatic heterocycles. The van der Waals surface area contributed by atoms with Gasteiger partial charge >= 0.3 is 0 Å². The first kappa shape index (κ1) is 18.6. The van der Waals surface area contributed by atoms with Crippen LogP contribution in [0.15, 0.2) is 51.2 Å². The Bertz CT molecular complexity index is 864. The van der Waals surface area contributed by atoms with Gasteiger partial charge in [0.1, 0.15) is 5.82 Å². The van der Waals surface area contributed by atoms with Crippen LogP contribution in [0.25, 0.3) is 0 Å². The van der Waals surface area contributed by atoms with Crippen molar-refractivity contribution in [1.29, 1.82) is 0 Å². The maximum absolute atomic E-state index is 13.6. The van der Waals surface area contributed by atoms with Crippen LogP contribution in [0.4, 0.5) is 10.1 Å². The average Bonchev–Trinajstić information content (AvgIpc) is 2.74. The van der Waals surface area contributed by atoms with Crippen molar-refractivity contribution in [2.24, 2.45) is 4.99 Å². The topological polar surface area (TPSA) is 44.7 Å². The van der Waals surface area contributed by atoms with Gasteiger partial charge in [-0.2, -0.15) is 0 Å². The molecule has 26 heavy (non-hydrogen) atoms. The highest BCUT2D eigenvalue weighted by atomic mass is 32.2. The van der Waals surface area contributed by atoms with E-state index in [1.54, 1.807) is 23.9 Å². The molecule has 2 aromatic rings. The quantitative estimate of drug-likeness (QED) is 0.805. The molecule has 136 valence electrons. The lowest BCUT2D eigenvalue weighted by molar-refractivity contribution is 0.0952. The van der Waals surface area contributed by atoms with Crippen LogP contribution in [0.3, 0.4) is 0 Å². The number of nitrogens with one attached hydrogen (secondary N) is 1. The third kappa shape index (κ3) is 4.31. The third-order valence-corrected chi connectivity index (χ3v) is 5.27. The monoisotopic (exact) mass is 371 g/mol. The van der Waals surface area contributed by atoms with Crippen LogP contribution in [0.5, 0.6) is 0 Å². The first-order valence-electron chi connectivity index (χ1n) is 8.54. The van der Waals surface area contributed by atoms with Crippen molar-refractivity contribution in [3.63, 3.8) is 0 Å². The second-order valence-corrected chi connectivity index (χ2v) is 7.62. The van der Waals surface area contributed by atoms with Crippen molar-refractivity contribution in [2.45, 2.75) is 23.1 Å². The summed E-state index contributed by atoms with van der Waals surface area (Å²) in [5.41, 5.74) is 2.86. The molecule has 1 amide bonds. The maximum atomic E-state index is 13.6. The molecular weight excluding hydrogens is 349 g/mol. The van der Waals surface area contributed by atoms with Gasteiger partial charge in [-0.15, -0.1) is 0 Å². The van der Waals surface area contributed by atoms with E-state index in [1.807, 2.05) is 33.2 Å². The lowest BCUT2D eigenvalue weighted by Crippen LogP contribution is -2.27. The highest BCUT2D eigenvalue weighted by Crippen LogP contribution is 2.40. The minimum absolute atomic E-state index is 0.0998. The van der Waals surface area contributed by atoms with E-state index in [2.05, 4.69) is 15.2 Å². The van der Waals surface area contributed by atoms with Gasteiger partial charge in [0, 0.05) is 33.2 Å². The molecule has 4 nitrogen and oxygen atoms in total. The fourth-order valence-electron chi connectivity index (χ4n) is 2.76. The Hall–Kier alpha value is -2.18. The summed E-state index contributed by atoms with van der Waals surface area (Å²) in [5, 5.41) is 2.94. The highest BCUT2D eigenvalue weighted by Gasteiger charge is 2.17. The molecule has 0 saturated heterocycles. The SMILES string of the molecule is CC1=Nc2cc(C(=O)NCCCN(C)C)ccc2Sc2ccc(F)cc21. The predicted molar refractivity (Wildman–Crippen MR) is 104 cm³/mol. The average molecular weight is 371 g/mol. The second kappa shape index (κ2) is 8.01. The minimum atomic E-state index is -0.275. The fraction of sp³-hybridized carbons (Fsp3) is 0.300. The van der Waals surface area contributed by atoms with Gasteiger partial charge in [-0.3, -0.25) is 9.79 Å². The molecule has 0 fully saturated rings. The summed E-state index contributed by atoms with van der Waals surface area (Å²) in [6.45, 7) is 3.43. The van der Waals surface area contributed by atoms with E-state index in [0.717, 1.165) is 39.7 Å². The molecule has 0 spiro atoms. The first-order valence-corrected chi connectivity index (χ1v) is 9.36. The zero-order valence-electron chi connectivity index (χ0n) is 15.2. The molecule has 1 aliphatic rings. The van der Waals surface area contributed by atoms with Crippen molar-refractivity contribution < 1.29 is 9.18 Å². The van der Waals surface area contributed by atoms with Gasteiger partial charge in [-0.1, -0.05) is 11.8 Å². The molecule has 0 unspecified atom stereocenters. The van der Waals surface area contributed by atoms with Gasteiger partial charge in [0.15, 0.2) is 0 Å². The molecule has 3 rings (SSSR count). The summed E-state index contributed by atoms with van der Waals surface area (Å²) in [4.78, 5) is 21.0. The van der Waals surface area contributed by atoms with Crippen LogP contribution in [0, 0.1) is 5.82 Å². The number of hydrogen-bond acceptors (Lipinski definition) is 4. The number of carbonyl (C=O) groups excluding carboxylic acids is 1. The molecular formula is C20H22FN3OS. The van der Waals surface area contributed by atoms with Crippen LogP contribution < -0.4 is 5.32 Å². The zero-order valence-corrected chi connectivity index (χ0v) is 16.0. The van der Waals surface area contributed by atoms with Crippen LogP contribution >= 0.6 is 11.8 Å². The second-order valence-electron chi connectivity index (χ2n) is 6.53. The Balaban J connectivity index is 1.80. The molecule has 1 heterocycles. The van der Waals surface area contributed by atoms with Crippen LogP contribution in [0.2, 0.25) is 0 Å². The number of benzene rings is 2. The van der Waals surface area contributed by atoms with Gasteiger partial charge in [0.25, 0.3) is 5.91 Å². The number of halogens is 1. The number of hydrogen-bond donors (Lipinski definition) is 1. The molecule has 1 aliphatic heterocycles. The summed E-state index contributed by atoms with van der Waals surface area (Å²) in [7, 11) is 4.02. The number of rotatable bonds is 5. The lowest BCUT2D eigenvalue weighted by Gasteiger charge is -2.10. The number of nitrogens with zero attached hydrogens (tertiary/aromatic N) is 2. The van der Waals surface area contributed by atoms with Gasteiger partial charge in [0.2, 0.25) is 0 Å². The van der Waals surface area contributed by atoms with Crippen molar-refractivity contribution >= 4 is 29.1 Å². The summed E-state index contributed by atoms with van der Waals surface area (Å²) >= 11 is 1.54. The Morgan fingerprint density at radius 2 is 1.96 bits per heavy atom. The summed E-state index contributed by atoms with van der Waals surface area (Å²) in [6, 6.07) is 10.3. The Morgan fingerprint density at radius 3 is 2.73 bits per heavy atom. The minimum Gasteiger partial charge on any atom is -0.352 e. The molecule has 0 aliphatic carbocycles. The number of amides is 1. The predicted octanol–water partition coefficient (Wildman–Crippen LogP) is 4.11. The van der Waals surface area contributed by atoms with E-state index in [0.29, 0.717) is 12.1 Å². The number of fused-ring (bicyclic) bond motifs is 2. The van der Waals surface area contributed by atoms with Crippen LogP contribution in [-0.2, 0) is 0 Å². The van der Waals surface area contributed by atoms with E-state index in [4.69, 9.17) is 0 Å². The van der Waals surface area contributed by atoms with E-state index >= 15 is 0 Å². The van der Waals surface area contributed by atoms with E-state index in [-0.39, 0.29) is 11.7 Å². The van der Waals surface area contributed by atoms with Crippen molar-refractivity contribution in [3.05, 3.63) is 53.3 Å². The van der Waals surface area contributed by atoms with E-state index in [1.165, 1.54) is 12.1 Å². The van der Waals surface area contributed by atoms with Crippen molar-refractivity contribution in [1.82, 2.24) is 10.2 Å². The van der Waals surface area contributed by atoms with Gasteiger partial charge in [0.05, 0.1) is 5.69 Å². The fourth-order valence-corrected chi connectivity index (χ4v) is 3.80. The number of aliphatic imine (C=N–C) groups is 1. The maximum Gasteiger partial charge on any atom is 0.251 e. The first-order chi connectivity index (χ1) is 12.4. The Kier molecular flexibility index (Phi) is 5.74. The smallest absolute Gasteiger partial charge is 0.251 e. The molecule has 0 saturated carbocycles. The zero-order chi connectivity index (χ0) is 18.7. The van der Waals surface area contributed by atoms with Crippen molar-refractivity contribution in [2.75, 3.05) is 27.2 Å². The van der Waals surface area contributed by atoms with Crippen LogP contribution in [0.1, 0.15) is 29.3 Å². The molecule has 0 radical (unpaired) electrons. The Labute approximate surface area is 157 Å². The van der Waals surface area contributed by atoms with Gasteiger partial charge in [-0.05, 0) is 70.4 Å². The number of carbonyl (C=O) groups is 1. The molecule has 2 aromatic carbocycles. The summed E-state index contributed by atoms with van der Waals surface area (Å²) in [6.07, 6.45) is 0.900. The molecule has 6 heteroatoms. The molecule has 0 atom stereocenters. The molecule has 1 N–H and O–H groups in total. The largest absolute Gasteiger partial charge is 0.352 e.